The third kappa shape index (κ3) is 4.89. The van der Waals surface area contributed by atoms with E-state index in [2.05, 4.69) is 14.9 Å². The SMILES string of the molecule is O[C@@H](COCc1ccccc1)CN1CCC[C@@H](c2ncc[nH]2)C1. The van der Waals surface area contributed by atoms with E-state index in [1.165, 1.54) is 0 Å². The number of imidazole rings is 1. The summed E-state index contributed by atoms with van der Waals surface area (Å²) < 4.78 is 5.63. The summed E-state index contributed by atoms with van der Waals surface area (Å²) >= 11 is 0. The van der Waals surface area contributed by atoms with Crippen LogP contribution in [0.3, 0.4) is 0 Å². The highest BCUT2D eigenvalue weighted by atomic mass is 16.5. The fraction of sp³-hybridized carbons (Fsp3) is 0.500. The molecule has 2 heterocycles. The molecule has 0 amide bonds. The van der Waals surface area contributed by atoms with Crippen molar-refractivity contribution in [3.8, 4) is 0 Å². The van der Waals surface area contributed by atoms with Gasteiger partial charge in [-0.2, -0.15) is 0 Å². The maximum atomic E-state index is 10.2. The summed E-state index contributed by atoms with van der Waals surface area (Å²) in [5.74, 6) is 1.50. The van der Waals surface area contributed by atoms with E-state index in [0.717, 1.165) is 37.3 Å². The van der Waals surface area contributed by atoms with Crippen molar-refractivity contribution in [2.75, 3.05) is 26.2 Å². The van der Waals surface area contributed by atoms with Crippen LogP contribution in [0.4, 0.5) is 0 Å². The van der Waals surface area contributed by atoms with Gasteiger partial charge in [-0.05, 0) is 24.9 Å². The first-order valence-electron chi connectivity index (χ1n) is 8.32. The van der Waals surface area contributed by atoms with Crippen LogP contribution < -0.4 is 0 Å². The molecule has 23 heavy (non-hydrogen) atoms. The average Bonchev–Trinajstić information content (AvgIpc) is 3.11. The zero-order valence-electron chi connectivity index (χ0n) is 13.4. The van der Waals surface area contributed by atoms with Crippen molar-refractivity contribution in [1.29, 1.82) is 0 Å². The van der Waals surface area contributed by atoms with Crippen molar-refractivity contribution in [3.63, 3.8) is 0 Å². The summed E-state index contributed by atoms with van der Waals surface area (Å²) in [6, 6.07) is 10.1. The highest BCUT2D eigenvalue weighted by Gasteiger charge is 2.24. The Morgan fingerprint density at radius 3 is 3.00 bits per heavy atom. The Balaban J connectivity index is 1.40. The lowest BCUT2D eigenvalue weighted by Gasteiger charge is -2.33. The number of ether oxygens (including phenoxy) is 1. The van der Waals surface area contributed by atoms with Gasteiger partial charge in [0.1, 0.15) is 5.82 Å². The molecule has 1 aromatic heterocycles. The number of nitrogens with zero attached hydrogens (tertiary/aromatic N) is 2. The molecule has 0 aliphatic carbocycles. The van der Waals surface area contributed by atoms with E-state index >= 15 is 0 Å². The molecule has 0 unspecified atom stereocenters. The van der Waals surface area contributed by atoms with E-state index < -0.39 is 6.10 Å². The van der Waals surface area contributed by atoms with Crippen molar-refractivity contribution in [2.45, 2.75) is 31.5 Å². The van der Waals surface area contributed by atoms with Crippen molar-refractivity contribution in [1.82, 2.24) is 14.9 Å². The van der Waals surface area contributed by atoms with Crippen LogP contribution in [0.5, 0.6) is 0 Å². The zero-order valence-corrected chi connectivity index (χ0v) is 13.4. The number of aromatic amines is 1. The van der Waals surface area contributed by atoms with Gasteiger partial charge in [-0.25, -0.2) is 4.98 Å². The van der Waals surface area contributed by atoms with Crippen LogP contribution in [0, 0.1) is 0 Å². The quantitative estimate of drug-likeness (QED) is 0.822. The van der Waals surface area contributed by atoms with Crippen molar-refractivity contribution < 1.29 is 9.84 Å². The van der Waals surface area contributed by atoms with Gasteiger partial charge in [0, 0.05) is 31.4 Å². The normalized spacial score (nSPS) is 20.5. The Morgan fingerprint density at radius 2 is 2.22 bits per heavy atom. The summed E-state index contributed by atoms with van der Waals surface area (Å²) in [4.78, 5) is 9.89. The van der Waals surface area contributed by atoms with Gasteiger partial charge in [0.2, 0.25) is 0 Å². The Hall–Kier alpha value is -1.69. The van der Waals surface area contributed by atoms with Gasteiger partial charge >= 0.3 is 0 Å². The number of aliphatic hydroxyl groups is 1. The Morgan fingerprint density at radius 1 is 1.35 bits per heavy atom. The smallest absolute Gasteiger partial charge is 0.110 e. The summed E-state index contributed by atoms with van der Waals surface area (Å²) in [5.41, 5.74) is 1.13. The van der Waals surface area contributed by atoms with Gasteiger partial charge in [-0.1, -0.05) is 30.3 Å². The number of aromatic nitrogens is 2. The molecule has 124 valence electrons. The second kappa shape index (κ2) is 8.24. The van der Waals surface area contributed by atoms with Crippen molar-refractivity contribution in [2.24, 2.45) is 0 Å². The minimum absolute atomic E-state index is 0.372. The average molecular weight is 315 g/mol. The van der Waals surface area contributed by atoms with Gasteiger partial charge in [-0.15, -0.1) is 0 Å². The maximum absolute atomic E-state index is 10.2. The Bertz CT molecular complexity index is 559. The highest BCUT2D eigenvalue weighted by Crippen LogP contribution is 2.24. The monoisotopic (exact) mass is 315 g/mol. The van der Waals surface area contributed by atoms with Crippen LogP contribution in [0.1, 0.15) is 30.1 Å². The van der Waals surface area contributed by atoms with E-state index in [1.54, 1.807) is 6.20 Å². The molecule has 0 bridgehead atoms. The minimum atomic E-state index is -0.450. The number of aliphatic hydroxyl groups excluding tert-OH is 1. The predicted octanol–water partition coefficient (Wildman–Crippen LogP) is 2.17. The zero-order chi connectivity index (χ0) is 15.9. The number of nitrogens with one attached hydrogen (secondary N) is 1. The van der Waals surface area contributed by atoms with E-state index in [1.807, 2.05) is 36.5 Å². The molecule has 1 fully saturated rings. The lowest BCUT2D eigenvalue weighted by molar-refractivity contribution is 0.00552. The first kappa shape index (κ1) is 16.2. The largest absolute Gasteiger partial charge is 0.389 e. The third-order valence-electron chi connectivity index (χ3n) is 4.30. The molecule has 0 saturated carbocycles. The molecule has 2 aromatic rings. The van der Waals surface area contributed by atoms with Crippen LogP contribution >= 0.6 is 0 Å². The van der Waals surface area contributed by atoms with Gasteiger partial charge < -0.3 is 14.8 Å². The molecular weight excluding hydrogens is 290 g/mol. The van der Waals surface area contributed by atoms with Crippen LogP contribution in [0.2, 0.25) is 0 Å². The second-order valence-corrected chi connectivity index (χ2v) is 6.23. The number of piperidine rings is 1. The number of likely N-dealkylation sites (tertiary alicyclic amines) is 1. The summed E-state index contributed by atoms with van der Waals surface area (Å²) in [6.45, 7) is 3.56. The lowest BCUT2D eigenvalue weighted by atomic mass is 9.97. The number of hydrogen-bond acceptors (Lipinski definition) is 4. The lowest BCUT2D eigenvalue weighted by Crippen LogP contribution is -2.41. The van der Waals surface area contributed by atoms with Crippen LogP contribution in [-0.4, -0.2) is 52.3 Å². The van der Waals surface area contributed by atoms with E-state index in [4.69, 9.17) is 4.74 Å². The number of β-amino-alcohol motifs (C(OH)–C–C–N with tert-alkyl or cyclic N) is 1. The molecule has 1 aliphatic rings. The fourth-order valence-electron chi connectivity index (χ4n) is 3.18. The molecule has 2 N–H and O–H groups in total. The third-order valence-corrected chi connectivity index (χ3v) is 4.30. The van der Waals surface area contributed by atoms with E-state index in [-0.39, 0.29) is 0 Å². The topological polar surface area (TPSA) is 61.4 Å². The number of hydrogen-bond donors (Lipinski definition) is 2. The molecule has 1 aliphatic heterocycles. The summed E-state index contributed by atoms with van der Waals surface area (Å²) in [7, 11) is 0. The van der Waals surface area contributed by atoms with Gasteiger partial charge in [0.15, 0.2) is 0 Å². The van der Waals surface area contributed by atoms with Crippen LogP contribution in [-0.2, 0) is 11.3 Å². The molecule has 5 heteroatoms. The molecule has 0 radical (unpaired) electrons. The fourth-order valence-corrected chi connectivity index (χ4v) is 3.18. The van der Waals surface area contributed by atoms with Gasteiger partial charge in [0.25, 0.3) is 0 Å². The Kier molecular flexibility index (Phi) is 5.80. The molecule has 1 aromatic carbocycles. The standard InChI is InChI=1S/C18H25N3O2/c22-17(14-23-13-15-5-2-1-3-6-15)12-21-10-4-7-16(11-21)18-19-8-9-20-18/h1-3,5-6,8-9,16-17,22H,4,7,10-14H2,(H,19,20)/t16-,17-/m1/s1. The number of H-pyrrole nitrogens is 1. The van der Waals surface area contributed by atoms with Gasteiger partial charge in [0.05, 0.1) is 19.3 Å². The van der Waals surface area contributed by atoms with Crippen molar-refractivity contribution in [3.05, 3.63) is 54.1 Å². The van der Waals surface area contributed by atoms with Gasteiger partial charge in [-0.3, -0.25) is 4.90 Å². The second-order valence-electron chi connectivity index (χ2n) is 6.23. The molecule has 3 rings (SSSR count). The first-order chi connectivity index (χ1) is 11.3. The molecule has 2 atom stereocenters. The van der Waals surface area contributed by atoms with E-state index in [9.17, 15) is 5.11 Å². The van der Waals surface area contributed by atoms with Crippen LogP contribution in [0.25, 0.3) is 0 Å². The molecule has 5 nitrogen and oxygen atoms in total. The Labute approximate surface area is 137 Å². The molecular formula is C18H25N3O2. The molecule has 1 saturated heterocycles. The summed E-state index contributed by atoms with van der Waals surface area (Å²) in [6.07, 6.45) is 5.53. The highest BCUT2D eigenvalue weighted by molar-refractivity contribution is 5.13. The van der Waals surface area contributed by atoms with Crippen LogP contribution in [0.15, 0.2) is 42.7 Å². The number of rotatable bonds is 7. The predicted molar refractivity (Wildman–Crippen MR) is 89.1 cm³/mol. The minimum Gasteiger partial charge on any atom is -0.389 e. The number of benzene rings is 1. The van der Waals surface area contributed by atoms with Crippen molar-refractivity contribution >= 4 is 0 Å². The first-order valence-corrected chi connectivity index (χ1v) is 8.32. The molecule has 0 spiro atoms. The maximum Gasteiger partial charge on any atom is 0.110 e. The van der Waals surface area contributed by atoms with E-state index in [0.29, 0.717) is 25.7 Å². The summed E-state index contributed by atoms with van der Waals surface area (Å²) in [5, 5.41) is 10.2.